The van der Waals surface area contributed by atoms with Gasteiger partial charge in [0.05, 0.1) is 13.7 Å². The van der Waals surface area contributed by atoms with E-state index in [-0.39, 0.29) is 12.3 Å². The van der Waals surface area contributed by atoms with Crippen molar-refractivity contribution in [1.29, 1.82) is 0 Å². The van der Waals surface area contributed by atoms with Gasteiger partial charge in [-0.2, -0.15) is 0 Å². The minimum Gasteiger partial charge on any atom is -0.497 e. The lowest BCUT2D eigenvalue weighted by atomic mass is 10.0. The second-order valence-electron chi connectivity index (χ2n) is 5.54. The molecule has 4 nitrogen and oxygen atoms in total. The van der Waals surface area contributed by atoms with E-state index in [9.17, 15) is 0 Å². The van der Waals surface area contributed by atoms with Gasteiger partial charge in [-0.3, -0.25) is 5.32 Å². The smallest absolute Gasteiger partial charge is 0.163 e. The first-order valence-electron chi connectivity index (χ1n) is 8.46. The number of rotatable bonds is 9. The third-order valence-electron chi connectivity index (χ3n) is 3.82. The van der Waals surface area contributed by atoms with E-state index in [1.54, 1.807) is 7.11 Å². The summed E-state index contributed by atoms with van der Waals surface area (Å²) >= 11 is 0. The molecule has 0 aliphatic rings. The molecule has 0 spiro atoms. The highest BCUT2D eigenvalue weighted by atomic mass is 16.5. The van der Waals surface area contributed by atoms with E-state index in [1.165, 1.54) is 5.56 Å². The van der Waals surface area contributed by atoms with Crippen molar-refractivity contribution < 1.29 is 14.2 Å². The average Bonchev–Trinajstić information content (AvgIpc) is 2.62. The Morgan fingerprint density at radius 3 is 2.21 bits per heavy atom. The Morgan fingerprint density at radius 1 is 0.958 bits per heavy atom. The van der Waals surface area contributed by atoms with E-state index < -0.39 is 0 Å². The van der Waals surface area contributed by atoms with E-state index in [4.69, 9.17) is 14.2 Å². The summed E-state index contributed by atoms with van der Waals surface area (Å²) in [6, 6.07) is 16.1. The van der Waals surface area contributed by atoms with Gasteiger partial charge in [0.1, 0.15) is 12.0 Å². The van der Waals surface area contributed by atoms with Crippen molar-refractivity contribution in [1.82, 2.24) is 5.32 Å². The molecule has 0 saturated carbocycles. The Kier molecular flexibility index (Phi) is 6.94. The fraction of sp³-hybridized carbons (Fsp3) is 0.400. The van der Waals surface area contributed by atoms with Crippen LogP contribution in [0.2, 0.25) is 0 Å². The first kappa shape index (κ1) is 18.1. The number of ether oxygens (including phenoxy) is 3. The summed E-state index contributed by atoms with van der Waals surface area (Å²) in [6.45, 7) is 6.75. The van der Waals surface area contributed by atoms with Gasteiger partial charge in [-0.25, -0.2) is 0 Å². The quantitative estimate of drug-likeness (QED) is 0.685. The van der Waals surface area contributed by atoms with Crippen LogP contribution in [-0.4, -0.2) is 19.9 Å². The van der Waals surface area contributed by atoms with E-state index in [0.29, 0.717) is 6.61 Å². The van der Waals surface area contributed by atoms with E-state index >= 15 is 0 Å². The van der Waals surface area contributed by atoms with Crippen LogP contribution in [0, 0.1) is 0 Å². The molecule has 2 aromatic rings. The molecule has 24 heavy (non-hydrogen) atoms. The molecular weight excluding hydrogens is 302 g/mol. The van der Waals surface area contributed by atoms with Crippen LogP contribution in [0.3, 0.4) is 0 Å². The molecule has 1 N–H and O–H groups in total. The van der Waals surface area contributed by atoms with Crippen molar-refractivity contribution >= 4 is 0 Å². The summed E-state index contributed by atoms with van der Waals surface area (Å²) in [5.41, 5.74) is 1.21. The van der Waals surface area contributed by atoms with Crippen molar-refractivity contribution in [2.75, 3.05) is 13.7 Å². The van der Waals surface area contributed by atoms with Crippen molar-refractivity contribution in [3.8, 4) is 17.2 Å². The topological polar surface area (TPSA) is 39.7 Å². The maximum Gasteiger partial charge on any atom is 0.163 e. The number of para-hydroxylation sites is 2. The van der Waals surface area contributed by atoms with Gasteiger partial charge in [0.15, 0.2) is 11.5 Å². The Balaban J connectivity index is 2.02. The number of hydrogen-bond acceptors (Lipinski definition) is 4. The molecule has 4 heteroatoms. The summed E-state index contributed by atoms with van der Waals surface area (Å²) in [6.07, 6.45) is 0.825. The van der Waals surface area contributed by atoms with Gasteiger partial charge in [0.25, 0.3) is 0 Å². The largest absolute Gasteiger partial charge is 0.497 e. The molecule has 2 aromatic carbocycles. The molecule has 130 valence electrons. The lowest BCUT2D eigenvalue weighted by Gasteiger charge is -2.24. The third-order valence-corrected chi connectivity index (χ3v) is 3.82. The number of hydrogen-bond donors (Lipinski definition) is 1. The van der Waals surface area contributed by atoms with Crippen molar-refractivity contribution in [2.24, 2.45) is 0 Å². The van der Waals surface area contributed by atoms with Gasteiger partial charge in [0, 0.05) is 6.04 Å². The fourth-order valence-corrected chi connectivity index (χ4v) is 2.62. The summed E-state index contributed by atoms with van der Waals surface area (Å²) < 4.78 is 16.9. The molecule has 0 aliphatic carbocycles. The lowest BCUT2D eigenvalue weighted by Crippen LogP contribution is -2.34. The summed E-state index contributed by atoms with van der Waals surface area (Å²) in [5, 5.41) is 3.52. The predicted octanol–water partition coefficient (Wildman–Crippen LogP) is 4.56. The lowest BCUT2D eigenvalue weighted by molar-refractivity contribution is 0.156. The van der Waals surface area contributed by atoms with Gasteiger partial charge in [-0.15, -0.1) is 0 Å². The zero-order valence-corrected chi connectivity index (χ0v) is 14.9. The first-order valence-corrected chi connectivity index (χ1v) is 8.46. The number of methoxy groups -OCH3 is 1. The maximum absolute atomic E-state index is 6.04. The van der Waals surface area contributed by atoms with Gasteiger partial charge >= 0.3 is 0 Å². The molecule has 0 radical (unpaired) electrons. The second-order valence-corrected chi connectivity index (χ2v) is 5.54. The predicted molar refractivity (Wildman–Crippen MR) is 96.9 cm³/mol. The van der Waals surface area contributed by atoms with E-state index in [1.807, 2.05) is 50.2 Å². The van der Waals surface area contributed by atoms with Crippen LogP contribution in [0.5, 0.6) is 17.2 Å². The van der Waals surface area contributed by atoms with Crippen LogP contribution in [-0.2, 0) is 0 Å². The van der Waals surface area contributed by atoms with Crippen LogP contribution in [0.15, 0.2) is 48.5 Å². The highest BCUT2D eigenvalue weighted by Gasteiger charge is 2.15. The van der Waals surface area contributed by atoms with Gasteiger partial charge in [-0.1, -0.05) is 31.2 Å². The SMILES string of the molecule is CCOc1ccccc1O[C@H](C)N[C@H](CC)c1ccc(OC)cc1. The molecule has 0 saturated heterocycles. The zero-order chi connectivity index (χ0) is 17.4. The van der Waals surface area contributed by atoms with Crippen LogP contribution < -0.4 is 19.5 Å². The molecule has 0 heterocycles. The van der Waals surface area contributed by atoms with Gasteiger partial charge in [-0.05, 0) is 50.1 Å². The second kappa shape index (κ2) is 9.18. The molecule has 0 bridgehead atoms. The standard InChI is InChI=1S/C20H27NO3/c1-5-18(16-11-13-17(22-4)14-12-16)21-15(3)24-20-10-8-7-9-19(20)23-6-2/h7-15,18,21H,5-6H2,1-4H3/t15-,18-/m1/s1. The highest BCUT2D eigenvalue weighted by Crippen LogP contribution is 2.28. The monoisotopic (exact) mass is 329 g/mol. The number of benzene rings is 2. The molecule has 0 aliphatic heterocycles. The Bertz CT molecular complexity index is 613. The van der Waals surface area contributed by atoms with Crippen LogP contribution >= 0.6 is 0 Å². The molecular formula is C20H27NO3. The Labute approximate surface area is 144 Å². The summed E-state index contributed by atoms with van der Waals surface area (Å²) in [7, 11) is 1.68. The van der Waals surface area contributed by atoms with Crippen LogP contribution in [0.1, 0.15) is 38.8 Å². The fourth-order valence-electron chi connectivity index (χ4n) is 2.62. The van der Waals surface area contributed by atoms with Gasteiger partial charge < -0.3 is 14.2 Å². The molecule has 0 aromatic heterocycles. The van der Waals surface area contributed by atoms with Gasteiger partial charge in [0.2, 0.25) is 0 Å². The van der Waals surface area contributed by atoms with Crippen molar-refractivity contribution in [2.45, 2.75) is 39.5 Å². The van der Waals surface area contributed by atoms with Crippen molar-refractivity contribution in [3.05, 3.63) is 54.1 Å². The zero-order valence-electron chi connectivity index (χ0n) is 14.9. The molecule has 2 atom stereocenters. The van der Waals surface area contributed by atoms with Crippen LogP contribution in [0.4, 0.5) is 0 Å². The molecule has 0 amide bonds. The number of nitrogens with one attached hydrogen (secondary N) is 1. The minimum absolute atomic E-state index is 0.140. The Hall–Kier alpha value is -2.20. The molecule has 2 rings (SSSR count). The maximum atomic E-state index is 6.04. The molecule has 0 fully saturated rings. The summed E-state index contributed by atoms with van der Waals surface area (Å²) in [4.78, 5) is 0. The Morgan fingerprint density at radius 2 is 1.62 bits per heavy atom. The average molecular weight is 329 g/mol. The van der Waals surface area contributed by atoms with Crippen LogP contribution in [0.25, 0.3) is 0 Å². The highest BCUT2D eigenvalue weighted by molar-refractivity contribution is 5.39. The van der Waals surface area contributed by atoms with Crippen molar-refractivity contribution in [3.63, 3.8) is 0 Å². The normalized spacial score (nSPS) is 13.2. The van der Waals surface area contributed by atoms with E-state index in [0.717, 1.165) is 23.7 Å². The first-order chi connectivity index (χ1) is 11.7. The van der Waals surface area contributed by atoms with E-state index in [2.05, 4.69) is 24.4 Å². The third kappa shape index (κ3) is 4.90. The molecule has 0 unspecified atom stereocenters. The summed E-state index contributed by atoms with van der Waals surface area (Å²) in [5.74, 6) is 2.39. The minimum atomic E-state index is -0.140.